The molecule has 1 amide bonds. The number of aliphatic hydroxyl groups is 1. The molecule has 0 aromatic heterocycles. The summed E-state index contributed by atoms with van der Waals surface area (Å²) < 4.78 is 26.8. The summed E-state index contributed by atoms with van der Waals surface area (Å²) in [5.41, 5.74) is 4.58. The van der Waals surface area contributed by atoms with Crippen molar-refractivity contribution in [2.45, 2.75) is 25.0 Å². The Bertz CT molecular complexity index is 1440. The number of nitrogens with zero attached hydrogens (tertiary/aromatic N) is 2. The average Bonchev–Trinajstić information content (AvgIpc) is 2.93. The Hall–Kier alpha value is -4.34. The van der Waals surface area contributed by atoms with Gasteiger partial charge >= 0.3 is 0 Å². The minimum absolute atomic E-state index is 0.0892. The molecule has 4 nitrogen and oxygen atoms in total. The van der Waals surface area contributed by atoms with Crippen LogP contribution < -0.4 is 4.90 Å². The fourth-order valence-corrected chi connectivity index (χ4v) is 4.93. The van der Waals surface area contributed by atoms with Crippen molar-refractivity contribution in [1.29, 1.82) is 5.26 Å². The number of aliphatic hydroxyl groups excluding tert-OH is 1. The lowest BCUT2D eigenvalue weighted by Crippen LogP contribution is -2.55. The summed E-state index contributed by atoms with van der Waals surface area (Å²) in [7, 11) is 0. The molecule has 5 rings (SSSR count). The van der Waals surface area contributed by atoms with Crippen molar-refractivity contribution in [3.63, 3.8) is 0 Å². The van der Waals surface area contributed by atoms with Crippen molar-refractivity contribution in [1.82, 2.24) is 0 Å². The molecule has 37 heavy (non-hydrogen) atoms. The van der Waals surface area contributed by atoms with Crippen molar-refractivity contribution >= 4 is 11.6 Å². The minimum Gasteiger partial charge on any atom is -0.388 e. The van der Waals surface area contributed by atoms with E-state index in [0.717, 1.165) is 16.7 Å². The van der Waals surface area contributed by atoms with Gasteiger partial charge < -0.3 is 10.0 Å². The first-order valence-corrected chi connectivity index (χ1v) is 12.1. The molecular formula is C31H24F2N2O2. The molecule has 3 atom stereocenters. The fourth-order valence-electron chi connectivity index (χ4n) is 4.93. The SMILES string of the molecule is N#Cc1cccc(-c2ccc(C3C(CCC(O)c4ccc(F)cc4)C(=O)N3c3ccc(F)cc3)cc2)c1. The van der Waals surface area contributed by atoms with Crippen LogP contribution in [0.2, 0.25) is 0 Å². The molecule has 3 unspecified atom stereocenters. The van der Waals surface area contributed by atoms with Gasteiger partial charge in [-0.05, 0) is 83.6 Å². The monoisotopic (exact) mass is 494 g/mol. The normalized spacial score (nSPS) is 17.7. The highest BCUT2D eigenvalue weighted by molar-refractivity contribution is 6.03. The zero-order valence-corrected chi connectivity index (χ0v) is 19.9. The Balaban J connectivity index is 1.40. The van der Waals surface area contributed by atoms with E-state index in [2.05, 4.69) is 6.07 Å². The highest BCUT2D eigenvalue weighted by atomic mass is 19.1. The highest BCUT2D eigenvalue weighted by Crippen LogP contribution is 2.46. The lowest BCUT2D eigenvalue weighted by Gasteiger charge is -2.48. The smallest absolute Gasteiger partial charge is 0.233 e. The number of hydrogen-bond acceptors (Lipinski definition) is 3. The summed E-state index contributed by atoms with van der Waals surface area (Å²) in [5.74, 6) is -1.21. The molecule has 4 aromatic rings. The molecule has 6 heteroatoms. The third-order valence-electron chi connectivity index (χ3n) is 6.90. The van der Waals surface area contributed by atoms with Crippen LogP contribution in [0.4, 0.5) is 14.5 Å². The van der Waals surface area contributed by atoms with Crippen LogP contribution >= 0.6 is 0 Å². The standard InChI is InChI=1S/C31H24F2N2O2/c32-25-10-8-22(9-11-25)29(36)17-16-28-30(35(31(28)37)27-14-12-26(33)13-15-27)23-6-4-21(5-7-23)24-3-1-2-20(18-24)19-34/h1-15,18,28-30,36H,16-17H2. The number of rotatable bonds is 7. The molecule has 0 spiro atoms. The molecule has 0 saturated carbocycles. The van der Waals surface area contributed by atoms with Crippen LogP contribution in [0.5, 0.6) is 0 Å². The van der Waals surface area contributed by atoms with Crippen LogP contribution in [0.3, 0.4) is 0 Å². The largest absolute Gasteiger partial charge is 0.388 e. The van der Waals surface area contributed by atoms with Crippen LogP contribution in [-0.2, 0) is 4.79 Å². The minimum atomic E-state index is -0.816. The second-order valence-corrected chi connectivity index (χ2v) is 9.20. The van der Waals surface area contributed by atoms with Crippen molar-refractivity contribution in [3.8, 4) is 17.2 Å². The summed E-state index contributed by atoms with van der Waals surface area (Å²) in [5, 5.41) is 19.8. The zero-order valence-electron chi connectivity index (χ0n) is 19.9. The topological polar surface area (TPSA) is 64.3 Å². The van der Waals surface area contributed by atoms with Crippen LogP contribution in [0.25, 0.3) is 11.1 Å². The average molecular weight is 495 g/mol. The maximum atomic E-state index is 13.5. The van der Waals surface area contributed by atoms with E-state index in [1.807, 2.05) is 42.5 Å². The number of anilines is 1. The van der Waals surface area contributed by atoms with Gasteiger partial charge in [0.2, 0.25) is 5.91 Å². The quantitative estimate of drug-likeness (QED) is 0.290. The second-order valence-electron chi connectivity index (χ2n) is 9.20. The fraction of sp³-hybridized carbons (Fsp3) is 0.161. The van der Waals surface area contributed by atoms with Crippen molar-refractivity contribution < 1.29 is 18.7 Å². The van der Waals surface area contributed by atoms with Crippen molar-refractivity contribution in [2.24, 2.45) is 5.92 Å². The highest BCUT2D eigenvalue weighted by Gasteiger charge is 2.48. The van der Waals surface area contributed by atoms with Gasteiger partial charge in [0, 0.05) is 5.69 Å². The number of benzene rings is 4. The van der Waals surface area contributed by atoms with E-state index in [9.17, 15) is 23.9 Å². The molecule has 4 aromatic carbocycles. The predicted octanol–water partition coefficient (Wildman–Crippen LogP) is 6.72. The van der Waals surface area contributed by atoms with Crippen molar-refractivity contribution in [2.75, 3.05) is 4.90 Å². The molecule has 1 aliphatic rings. The molecule has 184 valence electrons. The molecule has 1 aliphatic heterocycles. The molecule has 0 aliphatic carbocycles. The first-order valence-electron chi connectivity index (χ1n) is 12.1. The number of amides is 1. The van der Waals surface area contributed by atoms with Gasteiger partial charge in [-0.2, -0.15) is 5.26 Å². The molecule has 1 heterocycles. The molecule has 1 fully saturated rings. The third kappa shape index (κ3) is 5.00. The Labute approximate surface area is 214 Å². The van der Waals surface area contributed by atoms with Crippen LogP contribution in [-0.4, -0.2) is 11.0 Å². The van der Waals surface area contributed by atoms with E-state index in [1.165, 1.54) is 24.3 Å². The van der Waals surface area contributed by atoms with Crippen LogP contribution in [0.1, 0.15) is 41.7 Å². The Kier molecular flexibility index (Phi) is 6.80. The van der Waals surface area contributed by atoms with E-state index in [-0.39, 0.29) is 29.5 Å². The van der Waals surface area contributed by atoms with Gasteiger partial charge in [0.1, 0.15) is 11.6 Å². The molecule has 1 N–H and O–H groups in total. The van der Waals surface area contributed by atoms with E-state index in [1.54, 1.807) is 35.2 Å². The molecule has 1 saturated heterocycles. The number of halogens is 2. The Morgan fingerprint density at radius 1 is 0.865 bits per heavy atom. The number of carbonyl (C=O) groups excluding carboxylic acids is 1. The summed E-state index contributed by atoms with van der Waals surface area (Å²) in [6.45, 7) is 0. The van der Waals surface area contributed by atoms with Gasteiger partial charge in [-0.3, -0.25) is 4.79 Å². The van der Waals surface area contributed by atoms with Gasteiger partial charge in [0.15, 0.2) is 0 Å². The van der Waals surface area contributed by atoms with Gasteiger partial charge in [0.25, 0.3) is 0 Å². The molecule has 0 bridgehead atoms. The zero-order chi connectivity index (χ0) is 25.9. The predicted molar refractivity (Wildman–Crippen MR) is 137 cm³/mol. The second kappa shape index (κ2) is 10.3. The van der Waals surface area contributed by atoms with Crippen LogP contribution in [0, 0.1) is 28.9 Å². The van der Waals surface area contributed by atoms with Gasteiger partial charge in [-0.25, -0.2) is 8.78 Å². The third-order valence-corrected chi connectivity index (χ3v) is 6.90. The lowest BCUT2D eigenvalue weighted by molar-refractivity contribution is -0.131. The van der Waals surface area contributed by atoms with E-state index in [0.29, 0.717) is 29.7 Å². The summed E-state index contributed by atoms with van der Waals surface area (Å²) in [6, 6.07) is 28.6. The summed E-state index contributed by atoms with van der Waals surface area (Å²) >= 11 is 0. The van der Waals surface area contributed by atoms with Gasteiger partial charge in [-0.1, -0.05) is 48.5 Å². The molecule has 0 radical (unpaired) electrons. The first kappa shape index (κ1) is 24.4. The van der Waals surface area contributed by atoms with Gasteiger partial charge in [-0.15, -0.1) is 0 Å². The Morgan fingerprint density at radius 3 is 2.16 bits per heavy atom. The number of hydrogen-bond donors (Lipinski definition) is 1. The number of carbonyl (C=O) groups is 1. The Morgan fingerprint density at radius 2 is 1.51 bits per heavy atom. The van der Waals surface area contributed by atoms with Crippen molar-refractivity contribution in [3.05, 3.63) is 125 Å². The van der Waals surface area contributed by atoms with Crippen LogP contribution in [0.15, 0.2) is 97.1 Å². The van der Waals surface area contributed by atoms with E-state index >= 15 is 0 Å². The first-order chi connectivity index (χ1) is 17.9. The number of nitriles is 1. The maximum Gasteiger partial charge on any atom is 0.233 e. The summed E-state index contributed by atoms with van der Waals surface area (Å²) in [4.78, 5) is 14.9. The van der Waals surface area contributed by atoms with E-state index < -0.39 is 6.10 Å². The molecular weight excluding hydrogens is 470 g/mol. The summed E-state index contributed by atoms with van der Waals surface area (Å²) in [6.07, 6.45) is -0.0377. The number of β-lactam (4-membered cyclic amide) rings is 1. The maximum absolute atomic E-state index is 13.5. The van der Waals surface area contributed by atoms with Gasteiger partial charge in [0.05, 0.1) is 29.7 Å². The lowest BCUT2D eigenvalue weighted by atomic mass is 9.78. The van der Waals surface area contributed by atoms with E-state index in [4.69, 9.17) is 0 Å².